The van der Waals surface area contributed by atoms with Crippen molar-refractivity contribution >= 4 is 28.5 Å². The molecule has 1 atom stereocenters. The Morgan fingerprint density at radius 2 is 1.83 bits per heavy atom. The van der Waals surface area contributed by atoms with E-state index in [0.29, 0.717) is 18.1 Å². The van der Waals surface area contributed by atoms with Crippen LogP contribution in [-0.4, -0.2) is 51.9 Å². The number of hydrogen-bond donors (Lipinski definition) is 0. The van der Waals surface area contributed by atoms with Crippen molar-refractivity contribution in [2.75, 3.05) is 20.1 Å². The van der Waals surface area contributed by atoms with Gasteiger partial charge in [0.05, 0.1) is 17.3 Å². The highest BCUT2D eigenvalue weighted by atomic mass is 35.5. The minimum Gasteiger partial charge on any atom is -0.459 e. The Balaban J connectivity index is 1.31. The molecular formula is C28H29ClN4O2. The van der Waals surface area contributed by atoms with Gasteiger partial charge in [0.15, 0.2) is 5.76 Å². The summed E-state index contributed by atoms with van der Waals surface area (Å²) in [6.07, 6.45) is 7.75. The van der Waals surface area contributed by atoms with E-state index in [1.165, 1.54) is 5.56 Å². The molecule has 0 saturated carbocycles. The number of likely N-dealkylation sites (N-methyl/N-ethyl adjacent to an activating group) is 1. The van der Waals surface area contributed by atoms with Gasteiger partial charge in [-0.15, -0.1) is 0 Å². The maximum Gasteiger partial charge on any atom is 0.289 e. The molecule has 0 bridgehead atoms. The smallest absolute Gasteiger partial charge is 0.289 e. The molecule has 35 heavy (non-hydrogen) atoms. The van der Waals surface area contributed by atoms with Crippen LogP contribution in [0.4, 0.5) is 0 Å². The van der Waals surface area contributed by atoms with E-state index in [-0.39, 0.29) is 11.9 Å². The number of piperidine rings is 1. The summed E-state index contributed by atoms with van der Waals surface area (Å²) in [6, 6.07) is 17.6. The van der Waals surface area contributed by atoms with E-state index < -0.39 is 0 Å². The molecule has 0 aliphatic carbocycles. The van der Waals surface area contributed by atoms with Crippen LogP contribution in [0.3, 0.4) is 0 Å². The Labute approximate surface area is 210 Å². The summed E-state index contributed by atoms with van der Waals surface area (Å²) < 4.78 is 5.41. The summed E-state index contributed by atoms with van der Waals surface area (Å²) in [6.45, 7) is 2.77. The number of hydrogen-bond acceptors (Lipinski definition) is 5. The molecule has 1 aliphatic heterocycles. The molecular weight excluding hydrogens is 460 g/mol. The topological polar surface area (TPSA) is 62.5 Å². The summed E-state index contributed by atoms with van der Waals surface area (Å²) in [5.74, 6) is 0.633. The third-order valence-corrected chi connectivity index (χ3v) is 7.46. The van der Waals surface area contributed by atoms with E-state index in [1.54, 1.807) is 30.8 Å². The monoisotopic (exact) mass is 488 g/mol. The molecule has 3 heterocycles. The molecule has 2 aromatic carbocycles. The fourth-order valence-corrected chi connectivity index (χ4v) is 5.36. The van der Waals surface area contributed by atoms with E-state index in [0.717, 1.165) is 54.1 Å². The predicted molar refractivity (Wildman–Crippen MR) is 137 cm³/mol. The number of rotatable bonds is 7. The molecule has 1 fully saturated rings. The first-order chi connectivity index (χ1) is 17.1. The molecule has 7 heteroatoms. The molecule has 0 N–H and O–H groups in total. The highest BCUT2D eigenvalue weighted by Gasteiger charge is 2.33. The van der Waals surface area contributed by atoms with E-state index in [9.17, 15) is 4.79 Å². The van der Waals surface area contributed by atoms with Crippen molar-refractivity contribution in [1.29, 1.82) is 0 Å². The van der Waals surface area contributed by atoms with Crippen molar-refractivity contribution in [2.24, 2.45) is 5.92 Å². The summed E-state index contributed by atoms with van der Waals surface area (Å²) in [5, 5.41) is 0.742. The fourth-order valence-electron chi connectivity index (χ4n) is 5.15. The molecule has 2 aromatic heterocycles. The van der Waals surface area contributed by atoms with Crippen molar-refractivity contribution in [3.8, 4) is 0 Å². The molecule has 4 aromatic rings. The molecule has 6 nitrogen and oxygen atoms in total. The number of carbonyl (C=O) groups excluding carboxylic acids is 1. The van der Waals surface area contributed by atoms with Crippen molar-refractivity contribution in [1.82, 2.24) is 19.8 Å². The molecule has 1 amide bonds. The van der Waals surface area contributed by atoms with Gasteiger partial charge in [-0.25, -0.2) is 0 Å². The summed E-state index contributed by atoms with van der Waals surface area (Å²) in [4.78, 5) is 26.5. The predicted octanol–water partition coefficient (Wildman–Crippen LogP) is 5.47. The van der Waals surface area contributed by atoms with Crippen LogP contribution in [0.25, 0.3) is 11.0 Å². The number of carbonyl (C=O) groups is 1. The van der Waals surface area contributed by atoms with Gasteiger partial charge in [0.2, 0.25) is 0 Å². The van der Waals surface area contributed by atoms with Gasteiger partial charge in [-0.1, -0.05) is 41.9 Å². The molecule has 0 radical (unpaired) electrons. The van der Waals surface area contributed by atoms with Crippen molar-refractivity contribution in [2.45, 2.75) is 31.8 Å². The quantitative estimate of drug-likeness (QED) is 0.345. The van der Waals surface area contributed by atoms with Crippen molar-refractivity contribution < 1.29 is 9.21 Å². The van der Waals surface area contributed by atoms with Gasteiger partial charge < -0.3 is 9.32 Å². The van der Waals surface area contributed by atoms with Gasteiger partial charge in [-0.05, 0) is 73.7 Å². The Hall–Kier alpha value is -3.22. The van der Waals surface area contributed by atoms with Crippen molar-refractivity contribution in [3.05, 3.63) is 95.2 Å². The number of benzene rings is 2. The number of halogens is 1. The zero-order chi connectivity index (χ0) is 24.2. The molecule has 0 spiro atoms. The summed E-state index contributed by atoms with van der Waals surface area (Å²) in [7, 11) is 1.88. The SMILES string of the molecule is CN(C(=O)c1ccco1)[C@@H](Cc1ccccc1Cl)C1CCN(Cc2cccc3nccnc23)CC1. The Bertz CT molecular complexity index is 1280. The first-order valence-electron chi connectivity index (χ1n) is 12.0. The third-order valence-electron chi connectivity index (χ3n) is 7.09. The fraction of sp³-hybridized carbons (Fsp3) is 0.321. The van der Waals surface area contributed by atoms with Crippen LogP contribution in [0.15, 0.2) is 77.7 Å². The number of nitrogens with zero attached hydrogens (tertiary/aromatic N) is 4. The number of fused-ring (bicyclic) bond motifs is 1. The van der Waals surface area contributed by atoms with Crippen LogP contribution in [0.5, 0.6) is 0 Å². The maximum absolute atomic E-state index is 13.2. The van der Waals surface area contributed by atoms with Gasteiger partial charge in [0, 0.05) is 37.1 Å². The van der Waals surface area contributed by atoms with Crippen molar-refractivity contribution in [3.63, 3.8) is 0 Å². The van der Waals surface area contributed by atoms with Gasteiger partial charge in [0.1, 0.15) is 0 Å². The van der Waals surface area contributed by atoms with Crippen LogP contribution in [0.1, 0.15) is 34.5 Å². The average molecular weight is 489 g/mol. The first kappa shape index (κ1) is 23.5. The molecule has 1 aliphatic rings. The average Bonchev–Trinajstić information content (AvgIpc) is 3.43. The number of likely N-dealkylation sites (tertiary alicyclic amines) is 1. The zero-order valence-electron chi connectivity index (χ0n) is 19.8. The maximum atomic E-state index is 13.2. The lowest BCUT2D eigenvalue weighted by Crippen LogP contribution is -2.47. The summed E-state index contributed by atoms with van der Waals surface area (Å²) in [5.41, 5.74) is 4.16. The van der Waals surface area contributed by atoms with Crippen LogP contribution in [0.2, 0.25) is 5.02 Å². The Kier molecular flexibility index (Phi) is 7.11. The zero-order valence-corrected chi connectivity index (χ0v) is 20.6. The largest absolute Gasteiger partial charge is 0.459 e. The minimum atomic E-state index is -0.0937. The minimum absolute atomic E-state index is 0.0260. The third kappa shape index (κ3) is 5.24. The molecule has 1 saturated heterocycles. The lowest BCUT2D eigenvalue weighted by atomic mass is 9.84. The number of furan rings is 1. The molecule has 5 rings (SSSR count). The lowest BCUT2D eigenvalue weighted by Gasteiger charge is -2.40. The van der Waals surface area contributed by atoms with Gasteiger partial charge in [0.25, 0.3) is 5.91 Å². The second-order valence-corrected chi connectivity index (χ2v) is 9.62. The van der Waals surface area contributed by atoms with Crippen LogP contribution in [0, 0.1) is 5.92 Å². The molecule has 180 valence electrons. The molecule has 0 unspecified atom stereocenters. The van der Waals surface area contributed by atoms with Gasteiger partial charge in [-0.2, -0.15) is 0 Å². The second-order valence-electron chi connectivity index (χ2n) is 9.21. The number of para-hydroxylation sites is 1. The van der Waals surface area contributed by atoms with Gasteiger partial charge >= 0.3 is 0 Å². The first-order valence-corrected chi connectivity index (χ1v) is 12.4. The second kappa shape index (κ2) is 10.6. The van der Waals surface area contributed by atoms with Crippen LogP contribution < -0.4 is 0 Å². The normalized spacial score (nSPS) is 15.8. The Morgan fingerprint density at radius 3 is 2.60 bits per heavy atom. The standard InChI is InChI=1S/C28H29ClN4O2/c1-32(28(34)26-10-5-17-35-26)25(18-21-6-2-3-8-23(21)29)20-11-15-33(16-12-20)19-22-7-4-9-24-27(22)31-14-13-30-24/h2-10,13-14,17,20,25H,11-12,15-16,18-19H2,1H3/t25-/m0/s1. The number of amides is 1. The van der Waals surface area contributed by atoms with Gasteiger partial charge in [-0.3, -0.25) is 19.7 Å². The van der Waals surface area contributed by atoms with E-state index >= 15 is 0 Å². The van der Waals surface area contributed by atoms with Crippen LogP contribution in [-0.2, 0) is 13.0 Å². The highest BCUT2D eigenvalue weighted by molar-refractivity contribution is 6.31. The van der Waals surface area contributed by atoms with E-state index in [4.69, 9.17) is 16.0 Å². The summed E-state index contributed by atoms with van der Waals surface area (Å²) >= 11 is 6.51. The highest BCUT2D eigenvalue weighted by Crippen LogP contribution is 2.30. The van der Waals surface area contributed by atoms with E-state index in [1.807, 2.05) is 42.3 Å². The number of aromatic nitrogens is 2. The lowest BCUT2D eigenvalue weighted by molar-refractivity contribution is 0.0556. The Morgan fingerprint density at radius 1 is 1.06 bits per heavy atom. The van der Waals surface area contributed by atoms with Crippen LogP contribution >= 0.6 is 11.6 Å². The van der Waals surface area contributed by atoms with E-state index in [2.05, 4.69) is 27.0 Å².